The molecule has 3 aromatic carbocycles. The van der Waals surface area contributed by atoms with E-state index in [2.05, 4.69) is 10.2 Å². The van der Waals surface area contributed by atoms with Crippen LogP contribution in [0.5, 0.6) is 0 Å². The summed E-state index contributed by atoms with van der Waals surface area (Å²) < 4.78 is 0. The Labute approximate surface area is 182 Å². The van der Waals surface area contributed by atoms with Crippen LogP contribution in [0, 0.1) is 0 Å². The van der Waals surface area contributed by atoms with Crippen LogP contribution in [0.2, 0.25) is 0 Å². The van der Waals surface area contributed by atoms with Gasteiger partial charge in [-0.2, -0.15) is 0 Å². The monoisotopic (exact) mass is 413 g/mol. The Morgan fingerprint density at radius 3 is 2.23 bits per heavy atom. The first-order valence-electron chi connectivity index (χ1n) is 11.1. The molecule has 3 aromatic rings. The molecule has 5 heteroatoms. The van der Waals surface area contributed by atoms with Gasteiger partial charge >= 0.3 is 0 Å². The van der Waals surface area contributed by atoms with Crippen LogP contribution in [-0.4, -0.2) is 53.8 Å². The van der Waals surface area contributed by atoms with Crippen LogP contribution in [0.25, 0.3) is 10.8 Å². The van der Waals surface area contributed by atoms with Gasteiger partial charge in [0.05, 0.1) is 0 Å². The first-order valence-corrected chi connectivity index (χ1v) is 11.1. The molecule has 2 amide bonds. The van der Waals surface area contributed by atoms with Gasteiger partial charge in [0.25, 0.3) is 5.91 Å². The van der Waals surface area contributed by atoms with Crippen molar-refractivity contribution in [2.45, 2.75) is 24.9 Å². The summed E-state index contributed by atoms with van der Waals surface area (Å²) in [4.78, 5) is 30.4. The zero-order valence-electron chi connectivity index (χ0n) is 17.5. The number of rotatable bonds is 5. The predicted octanol–water partition coefficient (Wildman–Crippen LogP) is 3.62. The Morgan fingerprint density at radius 1 is 0.806 bits per heavy atom. The lowest BCUT2D eigenvalue weighted by Gasteiger charge is -2.39. The van der Waals surface area contributed by atoms with E-state index >= 15 is 0 Å². The number of piperazine rings is 1. The molecule has 0 aromatic heterocycles. The fourth-order valence-corrected chi connectivity index (χ4v) is 4.44. The fourth-order valence-electron chi connectivity index (χ4n) is 4.44. The standard InChI is InChI=1S/C26H27N3O2/c30-25(27-21-13-14-21)24(20-8-2-1-3-9-20)28-15-17-29(18-16-28)26(31)23-12-6-10-19-7-4-5-11-22(19)23/h1-12,21,24H,13-18H2,(H,27,30). The lowest BCUT2D eigenvalue weighted by atomic mass is 10.0. The molecule has 2 fully saturated rings. The third-order valence-corrected chi connectivity index (χ3v) is 6.27. The quantitative estimate of drug-likeness (QED) is 0.695. The van der Waals surface area contributed by atoms with E-state index < -0.39 is 0 Å². The van der Waals surface area contributed by atoms with E-state index in [0.29, 0.717) is 32.2 Å². The van der Waals surface area contributed by atoms with Gasteiger partial charge in [0.1, 0.15) is 6.04 Å². The second-order valence-electron chi connectivity index (χ2n) is 8.45. The number of amides is 2. The van der Waals surface area contributed by atoms with Crippen molar-refractivity contribution in [3.8, 4) is 0 Å². The summed E-state index contributed by atoms with van der Waals surface area (Å²) in [5.41, 5.74) is 1.76. The number of benzene rings is 3. The number of hydrogen-bond acceptors (Lipinski definition) is 3. The minimum Gasteiger partial charge on any atom is -0.352 e. The van der Waals surface area contributed by atoms with E-state index in [9.17, 15) is 9.59 Å². The van der Waals surface area contributed by atoms with Crippen LogP contribution < -0.4 is 5.32 Å². The topological polar surface area (TPSA) is 52.7 Å². The highest BCUT2D eigenvalue weighted by Crippen LogP contribution is 2.27. The SMILES string of the molecule is O=C(NC1CC1)C(c1ccccc1)N1CCN(C(=O)c2cccc3ccccc23)CC1. The molecule has 1 N–H and O–H groups in total. The van der Waals surface area contributed by atoms with Crippen molar-refractivity contribution >= 4 is 22.6 Å². The van der Waals surface area contributed by atoms with E-state index in [1.807, 2.05) is 77.7 Å². The van der Waals surface area contributed by atoms with Crippen LogP contribution in [-0.2, 0) is 4.79 Å². The van der Waals surface area contributed by atoms with E-state index in [1.165, 1.54) is 0 Å². The van der Waals surface area contributed by atoms with E-state index in [-0.39, 0.29) is 17.9 Å². The maximum Gasteiger partial charge on any atom is 0.254 e. The second-order valence-corrected chi connectivity index (χ2v) is 8.45. The van der Waals surface area contributed by atoms with Crippen molar-refractivity contribution in [2.24, 2.45) is 0 Å². The van der Waals surface area contributed by atoms with Gasteiger partial charge in [0.2, 0.25) is 5.91 Å². The average molecular weight is 414 g/mol. The third-order valence-electron chi connectivity index (χ3n) is 6.27. The number of nitrogens with zero attached hydrogens (tertiary/aromatic N) is 2. The van der Waals surface area contributed by atoms with Crippen LogP contribution in [0.1, 0.15) is 34.8 Å². The maximum absolute atomic E-state index is 13.3. The van der Waals surface area contributed by atoms with Crippen LogP contribution >= 0.6 is 0 Å². The molecular weight excluding hydrogens is 386 g/mol. The zero-order valence-corrected chi connectivity index (χ0v) is 17.5. The highest BCUT2D eigenvalue weighted by molar-refractivity contribution is 6.07. The second kappa shape index (κ2) is 8.52. The number of fused-ring (bicyclic) bond motifs is 1. The summed E-state index contributed by atoms with van der Waals surface area (Å²) in [7, 11) is 0. The molecule has 31 heavy (non-hydrogen) atoms. The highest BCUT2D eigenvalue weighted by atomic mass is 16.2. The lowest BCUT2D eigenvalue weighted by Crippen LogP contribution is -2.52. The molecule has 1 saturated carbocycles. The Hall–Kier alpha value is -3.18. The third kappa shape index (κ3) is 4.19. The number of nitrogens with one attached hydrogen (secondary N) is 1. The molecule has 5 nitrogen and oxygen atoms in total. The van der Waals surface area contributed by atoms with Gasteiger partial charge in [-0.1, -0.05) is 66.7 Å². The molecule has 1 unspecified atom stereocenters. The van der Waals surface area contributed by atoms with Gasteiger partial charge < -0.3 is 10.2 Å². The van der Waals surface area contributed by atoms with E-state index in [0.717, 1.165) is 34.7 Å². The summed E-state index contributed by atoms with van der Waals surface area (Å²) in [6, 6.07) is 23.9. The number of carbonyl (C=O) groups is 2. The molecule has 5 rings (SSSR count). The summed E-state index contributed by atoms with van der Waals surface area (Å²) in [6.45, 7) is 2.58. The van der Waals surface area contributed by atoms with Gasteiger partial charge in [-0.25, -0.2) is 0 Å². The summed E-state index contributed by atoms with van der Waals surface area (Å²) >= 11 is 0. The molecule has 0 bridgehead atoms. The fraction of sp³-hybridized carbons (Fsp3) is 0.308. The van der Waals surface area contributed by atoms with Crippen molar-refractivity contribution < 1.29 is 9.59 Å². The Bertz CT molecular complexity index is 1080. The van der Waals surface area contributed by atoms with Gasteiger partial charge in [-0.3, -0.25) is 14.5 Å². The number of hydrogen-bond donors (Lipinski definition) is 1. The van der Waals surface area contributed by atoms with E-state index in [4.69, 9.17) is 0 Å². The van der Waals surface area contributed by atoms with Crippen LogP contribution in [0.15, 0.2) is 72.8 Å². The zero-order chi connectivity index (χ0) is 21.2. The smallest absolute Gasteiger partial charge is 0.254 e. The normalized spacial score (nSPS) is 18.0. The summed E-state index contributed by atoms with van der Waals surface area (Å²) in [5, 5.41) is 5.23. The summed E-state index contributed by atoms with van der Waals surface area (Å²) in [6.07, 6.45) is 2.14. The first kappa shape index (κ1) is 19.8. The minimum absolute atomic E-state index is 0.0649. The van der Waals surface area contributed by atoms with Crippen LogP contribution in [0.3, 0.4) is 0 Å². The molecule has 158 valence electrons. The van der Waals surface area contributed by atoms with Gasteiger partial charge in [-0.15, -0.1) is 0 Å². The molecule has 2 aliphatic rings. The molecule has 0 radical (unpaired) electrons. The summed E-state index contributed by atoms with van der Waals surface area (Å²) in [5.74, 6) is 0.137. The Balaban J connectivity index is 1.32. The first-order chi connectivity index (χ1) is 15.2. The van der Waals surface area contributed by atoms with E-state index in [1.54, 1.807) is 0 Å². The molecule has 1 heterocycles. The van der Waals surface area contributed by atoms with Crippen molar-refractivity contribution in [1.29, 1.82) is 0 Å². The van der Waals surface area contributed by atoms with Crippen molar-refractivity contribution in [2.75, 3.05) is 26.2 Å². The lowest BCUT2D eigenvalue weighted by molar-refractivity contribution is -0.127. The molecule has 1 atom stereocenters. The Kier molecular flexibility index (Phi) is 5.43. The minimum atomic E-state index is -0.309. The average Bonchev–Trinajstić information content (AvgIpc) is 3.63. The molecule has 1 saturated heterocycles. The maximum atomic E-state index is 13.3. The molecular formula is C26H27N3O2. The van der Waals surface area contributed by atoms with Crippen molar-refractivity contribution in [3.05, 3.63) is 83.9 Å². The van der Waals surface area contributed by atoms with Crippen molar-refractivity contribution in [1.82, 2.24) is 15.1 Å². The van der Waals surface area contributed by atoms with Gasteiger partial charge in [-0.05, 0) is 35.2 Å². The van der Waals surface area contributed by atoms with Crippen LogP contribution in [0.4, 0.5) is 0 Å². The molecule has 1 aliphatic carbocycles. The molecule has 1 aliphatic heterocycles. The Morgan fingerprint density at radius 2 is 1.48 bits per heavy atom. The van der Waals surface area contributed by atoms with Gasteiger partial charge in [0.15, 0.2) is 0 Å². The predicted molar refractivity (Wildman–Crippen MR) is 122 cm³/mol. The number of carbonyl (C=O) groups excluding carboxylic acids is 2. The van der Waals surface area contributed by atoms with Gasteiger partial charge in [0, 0.05) is 37.8 Å². The largest absolute Gasteiger partial charge is 0.352 e. The highest BCUT2D eigenvalue weighted by Gasteiger charge is 2.34. The molecule has 0 spiro atoms. The van der Waals surface area contributed by atoms with Crippen molar-refractivity contribution in [3.63, 3.8) is 0 Å².